The highest BCUT2D eigenvalue weighted by Crippen LogP contribution is 2.40. The van der Waals surface area contributed by atoms with Crippen molar-refractivity contribution in [2.75, 3.05) is 19.5 Å². The van der Waals surface area contributed by atoms with Crippen molar-refractivity contribution < 1.29 is 14.9 Å². The van der Waals surface area contributed by atoms with Crippen LogP contribution >= 0.6 is 0 Å². The topological polar surface area (TPSA) is 119 Å². The van der Waals surface area contributed by atoms with Crippen LogP contribution in [-0.4, -0.2) is 49.6 Å². The molecule has 0 amide bonds. The van der Waals surface area contributed by atoms with Gasteiger partial charge in [0.15, 0.2) is 11.2 Å². The van der Waals surface area contributed by atoms with Crippen molar-refractivity contribution in [3.63, 3.8) is 0 Å². The van der Waals surface area contributed by atoms with E-state index < -0.39 is 6.10 Å². The number of ether oxygens (including phenoxy) is 1. The van der Waals surface area contributed by atoms with Crippen LogP contribution in [0.4, 0.5) is 5.95 Å². The van der Waals surface area contributed by atoms with Crippen LogP contribution < -0.4 is 10.5 Å². The molecule has 1 saturated carbocycles. The van der Waals surface area contributed by atoms with Gasteiger partial charge in [0.25, 0.3) is 0 Å². The van der Waals surface area contributed by atoms with Crippen LogP contribution in [0, 0.1) is 5.92 Å². The van der Waals surface area contributed by atoms with Crippen LogP contribution in [0.1, 0.15) is 12.5 Å². The zero-order chi connectivity index (χ0) is 15.1. The average Bonchev–Trinajstić information content (AvgIpc) is 2.99. The van der Waals surface area contributed by atoms with Gasteiger partial charge in [-0.3, -0.25) is 0 Å². The molecular weight excluding hydrogens is 274 g/mol. The first-order valence-corrected chi connectivity index (χ1v) is 6.58. The van der Waals surface area contributed by atoms with Crippen LogP contribution in [0.15, 0.2) is 18.5 Å². The summed E-state index contributed by atoms with van der Waals surface area (Å²) in [5, 5.41) is 19.4. The second kappa shape index (κ2) is 4.97. The van der Waals surface area contributed by atoms with Gasteiger partial charge in [-0.25, -0.2) is 4.98 Å². The maximum atomic E-state index is 10.0. The summed E-state index contributed by atoms with van der Waals surface area (Å²) in [4.78, 5) is 12.4. The quantitative estimate of drug-likeness (QED) is 0.675. The highest BCUT2D eigenvalue weighted by Gasteiger charge is 2.38. The smallest absolute Gasteiger partial charge is 0.246 e. The SMILES string of the molecule is C=C1[C@H](CO)[C@@H](O)C[C@@H]1n1cnc2c(OC)nc(N)nc21. The Morgan fingerprint density at radius 2 is 2.29 bits per heavy atom. The number of anilines is 1. The number of aromatic nitrogens is 4. The summed E-state index contributed by atoms with van der Waals surface area (Å²) in [6, 6.07) is -0.193. The minimum absolute atomic E-state index is 0.0870. The Balaban J connectivity index is 2.10. The van der Waals surface area contributed by atoms with E-state index >= 15 is 0 Å². The van der Waals surface area contributed by atoms with E-state index in [0.717, 1.165) is 5.57 Å². The molecule has 0 bridgehead atoms. The van der Waals surface area contributed by atoms with E-state index in [1.54, 1.807) is 10.9 Å². The number of fused-ring (bicyclic) bond motifs is 1. The summed E-state index contributed by atoms with van der Waals surface area (Å²) in [6.07, 6.45) is 1.41. The molecule has 0 aromatic carbocycles. The number of nitrogens with two attached hydrogens (primary N) is 1. The molecule has 0 saturated heterocycles. The van der Waals surface area contributed by atoms with E-state index in [1.807, 2.05) is 0 Å². The summed E-state index contributed by atoms with van der Waals surface area (Å²) in [5.41, 5.74) is 7.46. The first-order valence-electron chi connectivity index (χ1n) is 6.58. The predicted molar refractivity (Wildman–Crippen MR) is 75.7 cm³/mol. The Bertz CT molecular complexity index is 698. The summed E-state index contributed by atoms with van der Waals surface area (Å²) in [7, 11) is 1.49. The van der Waals surface area contributed by atoms with Gasteiger partial charge in [0.05, 0.1) is 32.2 Å². The lowest BCUT2D eigenvalue weighted by molar-refractivity contribution is 0.101. The number of imidazole rings is 1. The molecule has 8 nitrogen and oxygen atoms in total. The molecule has 0 radical (unpaired) electrons. The number of methoxy groups -OCH3 is 1. The number of rotatable bonds is 3. The zero-order valence-electron chi connectivity index (χ0n) is 11.6. The number of hydrogen-bond acceptors (Lipinski definition) is 7. The van der Waals surface area contributed by atoms with Crippen LogP contribution in [0.5, 0.6) is 5.88 Å². The number of nitrogen functional groups attached to an aromatic ring is 1. The van der Waals surface area contributed by atoms with E-state index in [0.29, 0.717) is 23.5 Å². The van der Waals surface area contributed by atoms with Crippen molar-refractivity contribution in [3.8, 4) is 5.88 Å². The summed E-state index contributed by atoms with van der Waals surface area (Å²) >= 11 is 0. The Morgan fingerprint density at radius 3 is 2.90 bits per heavy atom. The molecule has 0 aliphatic heterocycles. The molecule has 1 aliphatic carbocycles. The van der Waals surface area contributed by atoms with Crippen LogP contribution in [0.25, 0.3) is 11.2 Å². The molecule has 1 aliphatic rings. The second-order valence-corrected chi connectivity index (χ2v) is 5.10. The summed E-state index contributed by atoms with van der Waals surface area (Å²) in [6.45, 7) is 3.86. The van der Waals surface area contributed by atoms with Crippen molar-refractivity contribution in [2.45, 2.75) is 18.6 Å². The van der Waals surface area contributed by atoms with Gasteiger partial charge in [0.2, 0.25) is 11.8 Å². The van der Waals surface area contributed by atoms with Gasteiger partial charge in [-0.15, -0.1) is 0 Å². The fourth-order valence-electron chi connectivity index (χ4n) is 2.85. The van der Waals surface area contributed by atoms with Crippen molar-refractivity contribution >= 4 is 17.1 Å². The average molecular weight is 291 g/mol. The second-order valence-electron chi connectivity index (χ2n) is 5.10. The largest absolute Gasteiger partial charge is 0.479 e. The molecule has 0 spiro atoms. The summed E-state index contributed by atoms with van der Waals surface area (Å²) in [5.74, 6) is 0.0524. The van der Waals surface area contributed by atoms with Crippen LogP contribution in [0.3, 0.4) is 0 Å². The van der Waals surface area contributed by atoms with Crippen molar-refractivity contribution in [3.05, 3.63) is 18.5 Å². The van der Waals surface area contributed by atoms with Gasteiger partial charge in [-0.05, 0) is 12.0 Å². The fourth-order valence-corrected chi connectivity index (χ4v) is 2.85. The monoisotopic (exact) mass is 291 g/mol. The Kier molecular flexibility index (Phi) is 3.26. The zero-order valence-corrected chi connectivity index (χ0v) is 11.6. The molecular formula is C13H17N5O3. The number of aliphatic hydroxyl groups excluding tert-OH is 2. The molecule has 3 rings (SSSR count). The summed E-state index contributed by atoms with van der Waals surface area (Å²) < 4.78 is 6.94. The van der Waals surface area contributed by atoms with E-state index in [-0.39, 0.29) is 24.5 Å². The molecule has 2 aromatic heterocycles. The number of hydrogen-bond donors (Lipinski definition) is 3. The lowest BCUT2D eigenvalue weighted by Crippen LogP contribution is -2.17. The molecule has 3 atom stereocenters. The number of aliphatic hydroxyl groups is 2. The highest BCUT2D eigenvalue weighted by molar-refractivity contribution is 5.77. The Morgan fingerprint density at radius 1 is 1.52 bits per heavy atom. The molecule has 112 valence electrons. The Labute approximate surface area is 120 Å². The van der Waals surface area contributed by atoms with Crippen molar-refractivity contribution in [2.24, 2.45) is 5.92 Å². The third-order valence-corrected chi connectivity index (χ3v) is 3.97. The van der Waals surface area contributed by atoms with E-state index in [1.165, 1.54) is 7.11 Å². The standard InChI is InChI=1S/C13H17N5O3/c1-6-7(4-19)9(20)3-8(6)18-5-15-10-11(18)16-13(14)17-12(10)21-2/h5,7-9,19-20H,1,3-4H2,2H3,(H2,14,16,17)/t7-,8-,9-/m0/s1. The lowest BCUT2D eigenvalue weighted by atomic mass is 10.0. The first-order chi connectivity index (χ1) is 10.1. The first kappa shape index (κ1) is 13.8. The molecule has 8 heteroatoms. The number of nitrogens with zero attached hydrogens (tertiary/aromatic N) is 4. The van der Waals surface area contributed by atoms with Crippen LogP contribution in [-0.2, 0) is 0 Å². The van der Waals surface area contributed by atoms with Gasteiger partial charge in [0, 0.05) is 5.92 Å². The predicted octanol–water partition coefficient (Wildman–Crippen LogP) is -0.113. The van der Waals surface area contributed by atoms with Gasteiger partial charge in [-0.2, -0.15) is 9.97 Å². The minimum atomic E-state index is -0.633. The fraction of sp³-hybridized carbons (Fsp3) is 0.462. The minimum Gasteiger partial charge on any atom is -0.479 e. The van der Waals surface area contributed by atoms with Crippen molar-refractivity contribution in [1.82, 2.24) is 19.5 Å². The Hall–Kier alpha value is -2.19. The third-order valence-electron chi connectivity index (χ3n) is 3.97. The highest BCUT2D eigenvalue weighted by atomic mass is 16.5. The van der Waals surface area contributed by atoms with E-state index in [2.05, 4.69) is 21.5 Å². The normalized spacial score (nSPS) is 25.7. The van der Waals surface area contributed by atoms with Crippen LogP contribution in [0.2, 0.25) is 0 Å². The molecule has 2 heterocycles. The molecule has 21 heavy (non-hydrogen) atoms. The molecule has 4 N–H and O–H groups in total. The molecule has 2 aromatic rings. The van der Waals surface area contributed by atoms with Gasteiger partial charge in [-0.1, -0.05) is 6.58 Å². The van der Waals surface area contributed by atoms with Gasteiger partial charge in [0.1, 0.15) is 0 Å². The lowest BCUT2D eigenvalue weighted by Gasteiger charge is -2.15. The van der Waals surface area contributed by atoms with E-state index in [9.17, 15) is 10.2 Å². The van der Waals surface area contributed by atoms with Gasteiger partial charge >= 0.3 is 0 Å². The molecule has 1 fully saturated rings. The maximum Gasteiger partial charge on any atom is 0.246 e. The van der Waals surface area contributed by atoms with Crippen molar-refractivity contribution in [1.29, 1.82) is 0 Å². The third kappa shape index (κ3) is 2.03. The van der Waals surface area contributed by atoms with Gasteiger partial charge < -0.3 is 25.3 Å². The van der Waals surface area contributed by atoms with E-state index in [4.69, 9.17) is 10.5 Å². The maximum absolute atomic E-state index is 10.0. The molecule has 0 unspecified atom stereocenters.